The van der Waals surface area contributed by atoms with Crippen LogP contribution in [-0.2, 0) is 0 Å². The molecule has 0 fully saturated rings. The molecular formula is C15H16Br2ClN3. The Morgan fingerprint density at radius 1 is 1.24 bits per heavy atom. The van der Waals surface area contributed by atoms with Gasteiger partial charge in [0.05, 0.1) is 15.2 Å². The van der Waals surface area contributed by atoms with Gasteiger partial charge >= 0.3 is 0 Å². The first-order valence-electron chi connectivity index (χ1n) is 6.70. The summed E-state index contributed by atoms with van der Waals surface area (Å²) in [5.41, 5.74) is 1.78. The summed E-state index contributed by atoms with van der Waals surface area (Å²) in [6.07, 6.45) is 0. The van der Waals surface area contributed by atoms with Crippen LogP contribution in [0.4, 0.5) is 5.82 Å². The lowest BCUT2D eigenvalue weighted by atomic mass is 10.1. The van der Waals surface area contributed by atoms with E-state index in [9.17, 15) is 0 Å². The smallest absolute Gasteiger partial charge is 0.163 e. The number of hydrogen-bond donors (Lipinski definition) is 1. The zero-order valence-corrected chi connectivity index (χ0v) is 16.0. The van der Waals surface area contributed by atoms with E-state index in [0.29, 0.717) is 10.8 Å². The SMILES string of the molecule is CCNc1nc(-c2cc(Br)ccc2Cl)nc(C(C)C)c1Br. The summed E-state index contributed by atoms with van der Waals surface area (Å²) in [7, 11) is 0. The zero-order chi connectivity index (χ0) is 15.6. The fraction of sp³-hybridized carbons (Fsp3) is 0.333. The van der Waals surface area contributed by atoms with Crippen LogP contribution in [0.15, 0.2) is 27.1 Å². The number of hydrogen-bond acceptors (Lipinski definition) is 3. The van der Waals surface area contributed by atoms with Crippen molar-refractivity contribution in [3.05, 3.63) is 37.9 Å². The fourth-order valence-corrected chi connectivity index (χ4v) is 3.26. The van der Waals surface area contributed by atoms with Crippen molar-refractivity contribution < 1.29 is 0 Å². The van der Waals surface area contributed by atoms with E-state index in [1.165, 1.54) is 0 Å². The minimum absolute atomic E-state index is 0.282. The molecule has 0 aliphatic carbocycles. The highest BCUT2D eigenvalue weighted by Crippen LogP contribution is 2.34. The first kappa shape index (κ1) is 16.7. The molecule has 112 valence electrons. The van der Waals surface area contributed by atoms with E-state index in [2.05, 4.69) is 61.0 Å². The summed E-state index contributed by atoms with van der Waals surface area (Å²) < 4.78 is 1.86. The summed E-state index contributed by atoms with van der Waals surface area (Å²) in [6.45, 7) is 7.04. The molecule has 0 atom stereocenters. The largest absolute Gasteiger partial charge is 0.369 e. The molecule has 0 radical (unpaired) electrons. The number of nitrogens with zero attached hydrogens (tertiary/aromatic N) is 2. The van der Waals surface area contributed by atoms with E-state index >= 15 is 0 Å². The van der Waals surface area contributed by atoms with Gasteiger partial charge in [-0.2, -0.15) is 0 Å². The van der Waals surface area contributed by atoms with Crippen LogP contribution in [0.3, 0.4) is 0 Å². The molecule has 0 bridgehead atoms. The minimum atomic E-state index is 0.282. The van der Waals surface area contributed by atoms with Gasteiger partial charge in [0.2, 0.25) is 0 Å². The molecule has 2 aromatic rings. The molecule has 0 saturated carbocycles. The molecule has 0 saturated heterocycles. The highest BCUT2D eigenvalue weighted by Gasteiger charge is 2.17. The third-order valence-electron chi connectivity index (χ3n) is 2.94. The lowest BCUT2D eigenvalue weighted by Crippen LogP contribution is -2.07. The van der Waals surface area contributed by atoms with E-state index in [1.54, 1.807) is 0 Å². The number of halogens is 3. The molecule has 2 rings (SSSR count). The standard InChI is InChI=1S/C15H16Br2ClN3/c1-4-19-15-12(17)13(8(2)3)20-14(21-15)10-7-9(16)5-6-11(10)18/h5-8H,4H2,1-3H3,(H,19,20,21). The van der Waals surface area contributed by atoms with Crippen molar-refractivity contribution in [3.63, 3.8) is 0 Å². The van der Waals surface area contributed by atoms with E-state index in [1.807, 2.05) is 25.1 Å². The predicted octanol–water partition coefficient (Wildman–Crippen LogP) is 5.88. The van der Waals surface area contributed by atoms with Crippen LogP contribution in [0.25, 0.3) is 11.4 Å². The third kappa shape index (κ3) is 3.76. The maximum Gasteiger partial charge on any atom is 0.163 e. The summed E-state index contributed by atoms with van der Waals surface area (Å²) in [5, 5.41) is 3.90. The Bertz CT molecular complexity index is 660. The molecule has 0 unspecified atom stereocenters. The highest BCUT2D eigenvalue weighted by molar-refractivity contribution is 9.11. The minimum Gasteiger partial charge on any atom is -0.369 e. The van der Waals surface area contributed by atoms with E-state index in [0.717, 1.165) is 32.6 Å². The van der Waals surface area contributed by atoms with Crippen molar-refractivity contribution >= 4 is 49.3 Å². The molecule has 1 aromatic heterocycles. The van der Waals surface area contributed by atoms with E-state index in [-0.39, 0.29) is 5.92 Å². The molecule has 3 nitrogen and oxygen atoms in total. The number of rotatable bonds is 4. The topological polar surface area (TPSA) is 37.8 Å². The Balaban J connectivity index is 2.65. The predicted molar refractivity (Wildman–Crippen MR) is 96.1 cm³/mol. The molecule has 1 N–H and O–H groups in total. The molecule has 0 aliphatic heterocycles. The quantitative estimate of drug-likeness (QED) is 0.655. The normalized spacial score (nSPS) is 11.0. The van der Waals surface area contributed by atoms with Crippen LogP contribution in [0.2, 0.25) is 5.02 Å². The first-order chi connectivity index (χ1) is 9.93. The van der Waals surface area contributed by atoms with Crippen LogP contribution in [0.1, 0.15) is 32.4 Å². The summed E-state index contributed by atoms with van der Waals surface area (Å²) in [5.74, 6) is 1.70. The summed E-state index contributed by atoms with van der Waals surface area (Å²) in [4.78, 5) is 9.29. The summed E-state index contributed by atoms with van der Waals surface area (Å²) in [6, 6.07) is 5.68. The van der Waals surface area contributed by atoms with Crippen molar-refractivity contribution in [2.45, 2.75) is 26.7 Å². The average molecular weight is 434 g/mol. The van der Waals surface area contributed by atoms with Crippen LogP contribution in [0.5, 0.6) is 0 Å². The Morgan fingerprint density at radius 3 is 2.57 bits per heavy atom. The van der Waals surface area contributed by atoms with Gasteiger partial charge in [0.25, 0.3) is 0 Å². The van der Waals surface area contributed by atoms with Gasteiger partial charge in [0.1, 0.15) is 5.82 Å². The molecule has 0 amide bonds. The Kier molecular flexibility index (Phi) is 5.63. The maximum absolute atomic E-state index is 6.30. The van der Waals surface area contributed by atoms with Gasteiger partial charge in [0, 0.05) is 16.6 Å². The first-order valence-corrected chi connectivity index (χ1v) is 8.67. The second kappa shape index (κ2) is 7.07. The fourth-order valence-electron chi connectivity index (χ4n) is 1.92. The average Bonchev–Trinajstić information content (AvgIpc) is 2.43. The molecule has 1 heterocycles. The zero-order valence-electron chi connectivity index (χ0n) is 12.0. The lowest BCUT2D eigenvalue weighted by molar-refractivity contribution is 0.809. The lowest BCUT2D eigenvalue weighted by Gasteiger charge is -2.15. The molecule has 1 aromatic carbocycles. The number of benzene rings is 1. The molecule has 6 heteroatoms. The van der Waals surface area contributed by atoms with Gasteiger partial charge < -0.3 is 5.32 Å². The molecular weight excluding hydrogens is 417 g/mol. The second-order valence-electron chi connectivity index (χ2n) is 4.90. The number of nitrogens with one attached hydrogen (secondary N) is 1. The van der Waals surface area contributed by atoms with Crippen LogP contribution < -0.4 is 5.32 Å². The highest BCUT2D eigenvalue weighted by atomic mass is 79.9. The van der Waals surface area contributed by atoms with Gasteiger partial charge in [-0.15, -0.1) is 0 Å². The van der Waals surface area contributed by atoms with Gasteiger partial charge in [0.15, 0.2) is 5.82 Å². The second-order valence-corrected chi connectivity index (χ2v) is 7.02. The molecule has 21 heavy (non-hydrogen) atoms. The van der Waals surface area contributed by atoms with Gasteiger partial charge in [-0.25, -0.2) is 9.97 Å². The van der Waals surface area contributed by atoms with Crippen molar-refractivity contribution in [2.24, 2.45) is 0 Å². The number of anilines is 1. The monoisotopic (exact) mass is 431 g/mol. The van der Waals surface area contributed by atoms with Crippen molar-refractivity contribution in [3.8, 4) is 11.4 Å². The Hall–Kier alpha value is -0.650. The van der Waals surface area contributed by atoms with Crippen molar-refractivity contribution in [1.29, 1.82) is 0 Å². The molecule has 0 spiro atoms. The van der Waals surface area contributed by atoms with Crippen LogP contribution in [0, 0.1) is 0 Å². The van der Waals surface area contributed by atoms with E-state index < -0.39 is 0 Å². The Labute approximate surface area is 146 Å². The Morgan fingerprint density at radius 2 is 1.95 bits per heavy atom. The van der Waals surface area contributed by atoms with Gasteiger partial charge in [-0.05, 0) is 47.0 Å². The van der Waals surface area contributed by atoms with Gasteiger partial charge in [-0.1, -0.05) is 41.4 Å². The van der Waals surface area contributed by atoms with E-state index in [4.69, 9.17) is 11.6 Å². The van der Waals surface area contributed by atoms with Crippen LogP contribution >= 0.6 is 43.5 Å². The maximum atomic E-state index is 6.30. The summed E-state index contributed by atoms with van der Waals surface area (Å²) >= 11 is 13.4. The van der Waals surface area contributed by atoms with Crippen molar-refractivity contribution in [1.82, 2.24) is 9.97 Å². The third-order valence-corrected chi connectivity index (χ3v) is 4.54. The molecule has 0 aliphatic rings. The van der Waals surface area contributed by atoms with Crippen LogP contribution in [-0.4, -0.2) is 16.5 Å². The number of aromatic nitrogens is 2. The van der Waals surface area contributed by atoms with Gasteiger partial charge in [-0.3, -0.25) is 0 Å². The van der Waals surface area contributed by atoms with Crippen molar-refractivity contribution in [2.75, 3.05) is 11.9 Å².